The summed E-state index contributed by atoms with van der Waals surface area (Å²) in [5.74, 6) is 1.32. The molecule has 0 aliphatic rings. The summed E-state index contributed by atoms with van der Waals surface area (Å²) in [5.41, 5.74) is 0. The standard InChI is InChI=1S/C15H17N5O.ClH/c1-17-15(20-11-16)19-7-3-9-21-14-5-2-4-12-10-18-8-6-13(12)14;/h2,4-6,8,10H,3,7,9H2,1H3,(H2,17,19,20);1H. The quantitative estimate of drug-likeness (QED) is 0.290. The Kier molecular flexibility index (Phi) is 7.51. The van der Waals surface area contributed by atoms with Crippen LogP contribution >= 0.6 is 12.4 Å². The van der Waals surface area contributed by atoms with Gasteiger partial charge in [0.2, 0.25) is 5.96 Å². The molecule has 0 radical (unpaired) electrons. The van der Waals surface area contributed by atoms with E-state index in [1.807, 2.05) is 36.7 Å². The van der Waals surface area contributed by atoms with E-state index in [2.05, 4.69) is 20.6 Å². The Balaban J connectivity index is 0.00000242. The van der Waals surface area contributed by atoms with Gasteiger partial charge in [-0.05, 0) is 18.6 Å². The number of nitrogens with zero attached hydrogens (tertiary/aromatic N) is 3. The van der Waals surface area contributed by atoms with Crippen LogP contribution in [0.4, 0.5) is 0 Å². The summed E-state index contributed by atoms with van der Waals surface area (Å²) in [7, 11) is 1.62. The number of aliphatic imine (C=N–C) groups is 1. The molecule has 1 aromatic heterocycles. The Morgan fingerprint density at radius 1 is 1.41 bits per heavy atom. The number of hydrogen-bond donors (Lipinski definition) is 2. The average Bonchev–Trinajstić information content (AvgIpc) is 2.53. The summed E-state index contributed by atoms with van der Waals surface area (Å²) in [4.78, 5) is 8.00. The molecule has 0 fully saturated rings. The minimum atomic E-state index is 0. The van der Waals surface area contributed by atoms with Crippen LogP contribution in [0.5, 0.6) is 5.75 Å². The topological polar surface area (TPSA) is 82.3 Å². The molecule has 0 aliphatic heterocycles. The predicted molar refractivity (Wildman–Crippen MR) is 89.2 cm³/mol. The maximum absolute atomic E-state index is 8.51. The van der Waals surface area contributed by atoms with Crippen LogP contribution in [-0.2, 0) is 0 Å². The van der Waals surface area contributed by atoms with E-state index in [0.717, 1.165) is 22.9 Å². The molecule has 2 rings (SSSR count). The van der Waals surface area contributed by atoms with E-state index in [1.165, 1.54) is 0 Å². The van der Waals surface area contributed by atoms with Gasteiger partial charge in [0.25, 0.3) is 0 Å². The molecule has 0 amide bonds. The number of pyridine rings is 1. The van der Waals surface area contributed by atoms with Crippen molar-refractivity contribution in [3.63, 3.8) is 0 Å². The zero-order valence-electron chi connectivity index (χ0n) is 12.2. The first-order chi connectivity index (χ1) is 10.3. The first kappa shape index (κ1) is 17.5. The molecular formula is C15H18ClN5O. The number of rotatable bonds is 5. The molecule has 0 saturated heterocycles. The van der Waals surface area contributed by atoms with Crippen molar-refractivity contribution < 1.29 is 4.74 Å². The molecule has 116 valence electrons. The molecular weight excluding hydrogens is 302 g/mol. The fourth-order valence-corrected chi connectivity index (χ4v) is 1.91. The van der Waals surface area contributed by atoms with E-state index >= 15 is 0 Å². The number of hydrogen-bond acceptors (Lipinski definition) is 4. The Labute approximate surface area is 135 Å². The number of halogens is 1. The van der Waals surface area contributed by atoms with Crippen LogP contribution < -0.4 is 15.4 Å². The van der Waals surface area contributed by atoms with Crippen LogP contribution in [0.25, 0.3) is 10.8 Å². The molecule has 1 aromatic carbocycles. The highest BCUT2D eigenvalue weighted by atomic mass is 35.5. The number of aromatic nitrogens is 1. The van der Waals surface area contributed by atoms with Crippen molar-refractivity contribution in [1.29, 1.82) is 5.26 Å². The van der Waals surface area contributed by atoms with Gasteiger partial charge in [0.15, 0.2) is 6.19 Å². The molecule has 0 unspecified atom stereocenters. The third kappa shape index (κ3) is 4.79. The number of benzene rings is 1. The van der Waals surface area contributed by atoms with Crippen molar-refractivity contribution >= 4 is 29.1 Å². The van der Waals surface area contributed by atoms with Gasteiger partial charge in [-0.3, -0.25) is 15.3 Å². The van der Waals surface area contributed by atoms with Crippen LogP contribution in [0.15, 0.2) is 41.7 Å². The maximum atomic E-state index is 8.51. The summed E-state index contributed by atoms with van der Waals surface area (Å²) in [5, 5.41) is 16.1. The van der Waals surface area contributed by atoms with E-state index < -0.39 is 0 Å². The summed E-state index contributed by atoms with van der Waals surface area (Å²) in [6, 6.07) is 7.86. The first-order valence-corrected chi connectivity index (χ1v) is 6.66. The SMILES string of the molecule is CN=C(NC#N)NCCCOc1cccc2cnccc12.Cl. The van der Waals surface area contributed by atoms with Crippen LogP contribution in [0.2, 0.25) is 0 Å². The van der Waals surface area contributed by atoms with E-state index in [-0.39, 0.29) is 12.4 Å². The molecule has 0 bridgehead atoms. The monoisotopic (exact) mass is 319 g/mol. The number of nitriles is 1. The average molecular weight is 320 g/mol. The van der Waals surface area contributed by atoms with Crippen molar-refractivity contribution in [3.05, 3.63) is 36.7 Å². The molecule has 2 N–H and O–H groups in total. The maximum Gasteiger partial charge on any atom is 0.204 e. The zero-order valence-corrected chi connectivity index (χ0v) is 13.1. The minimum absolute atomic E-state index is 0. The van der Waals surface area contributed by atoms with Gasteiger partial charge >= 0.3 is 0 Å². The minimum Gasteiger partial charge on any atom is -0.493 e. The third-order valence-corrected chi connectivity index (χ3v) is 2.91. The van der Waals surface area contributed by atoms with Gasteiger partial charge in [0, 0.05) is 36.8 Å². The fraction of sp³-hybridized carbons (Fsp3) is 0.267. The molecule has 2 aromatic rings. The second-order valence-corrected chi connectivity index (χ2v) is 4.29. The Bertz CT molecular complexity index is 663. The van der Waals surface area contributed by atoms with Crippen molar-refractivity contribution in [2.45, 2.75) is 6.42 Å². The van der Waals surface area contributed by atoms with Crippen LogP contribution in [0.3, 0.4) is 0 Å². The number of fused-ring (bicyclic) bond motifs is 1. The lowest BCUT2D eigenvalue weighted by Crippen LogP contribution is -2.35. The molecule has 6 nitrogen and oxygen atoms in total. The smallest absolute Gasteiger partial charge is 0.204 e. The van der Waals surface area contributed by atoms with Crippen molar-refractivity contribution in [1.82, 2.24) is 15.6 Å². The van der Waals surface area contributed by atoms with Gasteiger partial charge in [0.05, 0.1) is 6.61 Å². The highest BCUT2D eigenvalue weighted by Gasteiger charge is 2.01. The summed E-state index contributed by atoms with van der Waals surface area (Å²) >= 11 is 0. The second-order valence-electron chi connectivity index (χ2n) is 4.29. The van der Waals surface area contributed by atoms with E-state index in [9.17, 15) is 0 Å². The molecule has 22 heavy (non-hydrogen) atoms. The lowest BCUT2D eigenvalue weighted by molar-refractivity contribution is 0.315. The Hall–Kier alpha value is -2.52. The number of guanidine groups is 1. The highest BCUT2D eigenvalue weighted by Crippen LogP contribution is 2.24. The van der Waals surface area contributed by atoms with E-state index in [4.69, 9.17) is 10.00 Å². The molecule has 0 spiro atoms. The molecule has 7 heteroatoms. The number of ether oxygens (including phenoxy) is 1. The van der Waals surface area contributed by atoms with Crippen molar-refractivity contribution in [2.24, 2.45) is 4.99 Å². The molecule has 0 saturated carbocycles. The van der Waals surface area contributed by atoms with Crippen LogP contribution in [0, 0.1) is 11.5 Å². The highest BCUT2D eigenvalue weighted by molar-refractivity contribution is 5.87. The Morgan fingerprint density at radius 3 is 3.05 bits per heavy atom. The van der Waals surface area contributed by atoms with Crippen molar-refractivity contribution in [3.8, 4) is 11.9 Å². The lowest BCUT2D eigenvalue weighted by atomic mass is 10.1. The predicted octanol–water partition coefficient (Wildman–Crippen LogP) is 2.07. The molecule has 1 heterocycles. The van der Waals surface area contributed by atoms with Crippen LogP contribution in [0.1, 0.15) is 6.42 Å². The fourth-order valence-electron chi connectivity index (χ4n) is 1.91. The summed E-state index contributed by atoms with van der Waals surface area (Å²) in [6.07, 6.45) is 6.20. The van der Waals surface area contributed by atoms with Crippen molar-refractivity contribution in [2.75, 3.05) is 20.2 Å². The molecule has 0 aliphatic carbocycles. The zero-order chi connectivity index (χ0) is 14.9. The third-order valence-electron chi connectivity index (χ3n) is 2.91. The summed E-state index contributed by atoms with van der Waals surface area (Å²) in [6.45, 7) is 1.26. The first-order valence-electron chi connectivity index (χ1n) is 6.66. The van der Waals surface area contributed by atoms with Gasteiger partial charge in [-0.15, -0.1) is 12.4 Å². The van der Waals surface area contributed by atoms with Gasteiger partial charge in [-0.25, -0.2) is 0 Å². The molecule has 0 atom stereocenters. The van der Waals surface area contributed by atoms with Crippen LogP contribution in [-0.4, -0.2) is 31.1 Å². The largest absolute Gasteiger partial charge is 0.493 e. The lowest BCUT2D eigenvalue weighted by Gasteiger charge is -2.10. The Morgan fingerprint density at radius 2 is 2.27 bits per heavy atom. The summed E-state index contributed by atoms with van der Waals surface area (Å²) < 4.78 is 5.80. The van der Waals surface area contributed by atoms with Gasteiger partial charge < -0.3 is 10.1 Å². The van der Waals surface area contributed by atoms with Gasteiger partial charge in [-0.1, -0.05) is 12.1 Å². The number of nitrogens with one attached hydrogen (secondary N) is 2. The van der Waals surface area contributed by atoms with E-state index in [0.29, 0.717) is 19.1 Å². The van der Waals surface area contributed by atoms with Gasteiger partial charge in [-0.2, -0.15) is 5.26 Å². The van der Waals surface area contributed by atoms with Gasteiger partial charge in [0.1, 0.15) is 5.75 Å². The second kappa shape index (κ2) is 9.42. The van der Waals surface area contributed by atoms with E-state index in [1.54, 1.807) is 13.2 Å². The normalized spacial score (nSPS) is 10.5.